The molecule has 7 heteroatoms. The summed E-state index contributed by atoms with van der Waals surface area (Å²) in [5.41, 5.74) is 0.810. The van der Waals surface area contributed by atoms with Crippen LogP contribution in [0.25, 0.3) is 0 Å². The van der Waals surface area contributed by atoms with Crippen LogP contribution in [0.1, 0.15) is 25.0 Å². The predicted octanol–water partition coefficient (Wildman–Crippen LogP) is 0.893. The number of aryl methyl sites for hydroxylation is 2. The van der Waals surface area contributed by atoms with Gasteiger partial charge in [-0.1, -0.05) is 6.07 Å². The van der Waals surface area contributed by atoms with Crippen LogP contribution in [0.15, 0.2) is 41.6 Å². The number of hydrogen-bond donors (Lipinski definition) is 1. The molecule has 1 aliphatic heterocycles. The fourth-order valence-electron chi connectivity index (χ4n) is 3.08. The van der Waals surface area contributed by atoms with E-state index in [1.807, 2.05) is 23.1 Å². The molecule has 3 rings (SSSR count). The van der Waals surface area contributed by atoms with Gasteiger partial charge in [-0.05, 0) is 31.4 Å². The number of nitrogens with zero attached hydrogens (tertiary/aromatic N) is 4. The molecular weight excluding hydrogens is 318 g/mol. The second-order valence-electron chi connectivity index (χ2n) is 6.34. The summed E-state index contributed by atoms with van der Waals surface area (Å²) in [5, 5.41) is 3.08. The summed E-state index contributed by atoms with van der Waals surface area (Å²) in [7, 11) is 1.72. The van der Waals surface area contributed by atoms with Gasteiger partial charge in [0.2, 0.25) is 5.91 Å². The third-order valence-corrected chi connectivity index (χ3v) is 4.42. The van der Waals surface area contributed by atoms with Crippen LogP contribution in [-0.2, 0) is 18.3 Å². The van der Waals surface area contributed by atoms with Gasteiger partial charge in [-0.15, -0.1) is 0 Å². The molecule has 0 unspecified atom stereocenters. The number of amides is 1. The number of rotatable bonds is 5. The zero-order chi connectivity index (χ0) is 17.6. The number of piperidine rings is 1. The van der Waals surface area contributed by atoms with Gasteiger partial charge in [-0.25, -0.2) is 4.98 Å². The van der Waals surface area contributed by atoms with Gasteiger partial charge in [-0.3, -0.25) is 14.6 Å². The van der Waals surface area contributed by atoms with Gasteiger partial charge in [0.25, 0.3) is 5.56 Å². The number of carbonyl (C=O) groups excluding carboxylic acids is 1. The zero-order valence-electron chi connectivity index (χ0n) is 14.4. The van der Waals surface area contributed by atoms with Gasteiger partial charge in [0.1, 0.15) is 0 Å². The van der Waals surface area contributed by atoms with Crippen LogP contribution in [0, 0.1) is 0 Å². The fourth-order valence-corrected chi connectivity index (χ4v) is 3.08. The summed E-state index contributed by atoms with van der Waals surface area (Å²) in [6.45, 7) is 1.40. The first-order chi connectivity index (χ1) is 12.1. The molecule has 1 N–H and O–H groups in total. The van der Waals surface area contributed by atoms with Gasteiger partial charge in [0.05, 0.1) is 0 Å². The number of carbonyl (C=O) groups is 1. The third-order valence-electron chi connectivity index (χ3n) is 4.42. The van der Waals surface area contributed by atoms with Gasteiger partial charge >= 0.3 is 0 Å². The van der Waals surface area contributed by atoms with Crippen molar-refractivity contribution >= 4 is 11.7 Å². The maximum Gasteiger partial charge on any atom is 0.293 e. The van der Waals surface area contributed by atoms with Crippen LogP contribution in [0.3, 0.4) is 0 Å². The highest BCUT2D eigenvalue weighted by Crippen LogP contribution is 2.14. The van der Waals surface area contributed by atoms with Crippen LogP contribution in [0.5, 0.6) is 0 Å². The number of hydrogen-bond acceptors (Lipinski definition) is 5. The highest BCUT2D eigenvalue weighted by molar-refractivity contribution is 5.76. The average molecular weight is 341 g/mol. The molecule has 3 heterocycles. The van der Waals surface area contributed by atoms with E-state index in [0.717, 1.165) is 25.1 Å². The van der Waals surface area contributed by atoms with Crippen molar-refractivity contribution < 1.29 is 4.79 Å². The third kappa shape index (κ3) is 4.43. The first kappa shape index (κ1) is 17.1. The Labute approximate surface area is 146 Å². The summed E-state index contributed by atoms with van der Waals surface area (Å²) in [6, 6.07) is 5.75. The van der Waals surface area contributed by atoms with Crippen molar-refractivity contribution in [3.8, 4) is 0 Å². The highest BCUT2D eigenvalue weighted by atomic mass is 16.1. The average Bonchev–Trinajstić information content (AvgIpc) is 2.63. The Morgan fingerprint density at radius 3 is 3.00 bits per heavy atom. The van der Waals surface area contributed by atoms with Crippen LogP contribution >= 0.6 is 0 Å². The summed E-state index contributed by atoms with van der Waals surface area (Å²) < 4.78 is 1.53. The predicted molar refractivity (Wildman–Crippen MR) is 95.4 cm³/mol. The van der Waals surface area contributed by atoms with E-state index >= 15 is 0 Å². The largest absolute Gasteiger partial charge is 0.352 e. The zero-order valence-corrected chi connectivity index (χ0v) is 14.4. The van der Waals surface area contributed by atoms with Crippen LogP contribution in [0.4, 0.5) is 5.82 Å². The Bertz CT molecular complexity index is 775. The smallest absolute Gasteiger partial charge is 0.293 e. The second-order valence-corrected chi connectivity index (χ2v) is 6.34. The molecule has 7 nitrogen and oxygen atoms in total. The van der Waals surface area contributed by atoms with E-state index < -0.39 is 0 Å². The summed E-state index contributed by atoms with van der Waals surface area (Å²) >= 11 is 0. The minimum atomic E-state index is -0.107. The maximum atomic E-state index is 12.2. The van der Waals surface area contributed by atoms with E-state index in [9.17, 15) is 9.59 Å². The van der Waals surface area contributed by atoms with Crippen LogP contribution in [-0.4, -0.2) is 39.6 Å². The van der Waals surface area contributed by atoms with E-state index in [4.69, 9.17) is 0 Å². The number of pyridine rings is 1. The van der Waals surface area contributed by atoms with Gasteiger partial charge in [0.15, 0.2) is 5.82 Å². The first-order valence-corrected chi connectivity index (χ1v) is 8.59. The molecule has 2 aromatic heterocycles. The van der Waals surface area contributed by atoms with Crippen molar-refractivity contribution in [1.29, 1.82) is 0 Å². The number of anilines is 1. The quantitative estimate of drug-likeness (QED) is 0.874. The maximum absolute atomic E-state index is 12.2. The van der Waals surface area contributed by atoms with E-state index in [1.54, 1.807) is 25.6 Å². The molecule has 0 aromatic carbocycles. The highest BCUT2D eigenvalue weighted by Gasteiger charge is 2.24. The normalized spacial score (nSPS) is 17.3. The molecule has 2 aromatic rings. The standard InChI is InChI=1S/C18H23N5O2/c1-22-12-10-20-17(18(22)25)23-11-4-6-15(13-23)21-16(24)8-7-14-5-2-3-9-19-14/h2-3,5,9-10,12,15H,4,6-8,11,13H2,1H3,(H,21,24)/t15-/m0/s1. The Hall–Kier alpha value is -2.70. The monoisotopic (exact) mass is 341 g/mol. The van der Waals surface area contributed by atoms with Crippen molar-refractivity contribution in [2.75, 3.05) is 18.0 Å². The summed E-state index contributed by atoms with van der Waals surface area (Å²) in [4.78, 5) is 34.9. The van der Waals surface area contributed by atoms with Gasteiger partial charge in [-0.2, -0.15) is 0 Å². The molecule has 1 fully saturated rings. The minimum absolute atomic E-state index is 0.0198. The van der Waals surface area contributed by atoms with Crippen molar-refractivity contribution in [3.63, 3.8) is 0 Å². The van der Waals surface area contributed by atoms with E-state index in [0.29, 0.717) is 25.2 Å². The van der Waals surface area contributed by atoms with Crippen molar-refractivity contribution in [1.82, 2.24) is 19.9 Å². The lowest BCUT2D eigenvalue weighted by Gasteiger charge is -2.33. The van der Waals surface area contributed by atoms with Gasteiger partial charge in [0, 0.05) is 56.9 Å². The summed E-state index contributed by atoms with van der Waals surface area (Å²) in [5.74, 6) is 0.476. The second kappa shape index (κ2) is 7.92. The topological polar surface area (TPSA) is 80.1 Å². The van der Waals surface area contributed by atoms with Crippen molar-refractivity contribution in [2.45, 2.75) is 31.7 Å². The van der Waals surface area contributed by atoms with Crippen LogP contribution < -0.4 is 15.8 Å². The van der Waals surface area contributed by atoms with Crippen molar-refractivity contribution in [2.24, 2.45) is 7.05 Å². The lowest BCUT2D eigenvalue weighted by Crippen LogP contribution is -2.49. The molecule has 25 heavy (non-hydrogen) atoms. The molecule has 1 atom stereocenters. The molecular formula is C18H23N5O2. The molecule has 1 saturated heterocycles. The van der Waals surface area contributed by atoms with Crippen molar-refractivity contribution in [3.05, 3.63) is 52.8 Å². The summed E-state index contributed by atoms with van der Waals surface area (Å²) in [6.07, 6.45) is 7.89. The molecule has 0 saturated carbocycles. The molecule has 0 aliphatic carbocycles. The Morgan fingerprint density at radius 1 is 1.32 bits per heavy atom. The first-order valence-electron chi connectivity index (χ1n) is 8.59. The van der Waals surface area contributed by atoms with Crippen LogP contribution in [0.2, 0.25) is 0 Å². The Balaban J connectivity index is 1.55. The lowest BCUT2D eigenvalue weighted by atomic mass is 10.1. The number of nitrogens with one attached hydrogen (secondary N) is 1. The minimum Gasteiger partial charge on any atom is -0.352 e. The van der Waals surface area contributed by atoms with E-state index in [-0.39, 0.29) is 17.5 Å². The lowest BCUT2D eigenvalue weighted by molar-refractivity contribution is -0.121. The molecule has 0 radical (unpaired) electrons. The molecule has 0 bridgehead atoms. The molecule has 1 aliphatic rings. The van der Waals surface area contributed by atoms with Gasteiger partial charge < -0.3 is 14.8 Å². The Morgan fingerprint density at radius 2 is 2.20 bits per heavy atom. The van der Waals surface area contributed by atoms with E-state index in [2.05, 4.69) is 15.3 Å². The number of aromatic nitrogens is 3. The molecule has 132 valence electrons. The molecule has 0 spiro atoms. The molecule has 1 amide bonds. The SMILES string of the molecule is Cn1ccnc(N2CCC[C@H](NC(=O)CCc3ccccn3)C2)c1=O. The van der Waals surface area contributed by atoms with E-state index in [1.165, 1.54) is 4.57 Å². The Kier molecular flexibility index (Phi) is 5.42. The fraction of sp³-hybridized carbons (Fsp3) is 0.444.